The zero-order valence-corrected chi connectivity index (χ0v) is 12.9. The van der Waals surface area contributed by atoms with E-state index in [-0.39, 0.29) is 31.0 Å². The molecule has 0 amide bonds. The van der Waals surface area contributed by atoms with Gasteiger partial charge in [-0.3, -0.25) is 0 Å². The first-order valence-corrected chi connectivity index (χ1v) is 8.25. The van der Waals surface area contributed by atoms with Crippen LogP contribution in [-0.4, -0.2) is 45.8 Å². The summed E-state index contributed by atoms with van der Waals surface area (Å²) in [4.78, 5) is 0. The Bertz CT molecular complexity index is 355. The molecule has 1 unspecified atom stereocenters. The standard InChI is InChI=1S/C17H30O4/c1-2-3-7-16-8-4-9-17(12-19,14(21)6-11-18)15(16)13(20)5-10-16/h2,13-15,18-21H,1,3-12H2/t13-,14+,15?,16-,17-/m1/s1. The van der Waals surface area contributed by atoms with Gasteiger partial charge in [0.1, 0.15) is 0 Å². The molecule has 0 spiro atoms. The summed E-state index contributed by atoms with van der Waals surface area (Å²) in [6, 6.07) is 0. The van der Waals surface area contributed by atoms with Gasteiger partial charge in [0.2, 0.25) is 0 Å². The van der Waals surface area contributed by atoms with Crippen LogP contribution < -0.4 is 0 Å². The highest BCUT2D eigenvalue weighted by molar-refractivity contribution is 5.10. The third-order valence-corrected chi connectivity index (χ3v) is 6.13. The van der Waals surface area contributed by atoms with Crippen molar-refractivity contribution in [3.05, 3.63) is 12.7 Å². The van der Waals surface area contributed by atoms with Crippen molar-refractivity contribution in [3.8, 4) is 0 Å². The molecule has 0 bridgehead atoms. The number of hydrogen-bond acceptors (Lipinski definition) is 4. The molecule has 2 fully saturated rings. The minimum atomic E-state index is -0.756. The summed E-state index contributed by atoms with van der Waals surface area (Å²) in [6.07, 6.45) is 7.27. The van der Waals surface area contributed by atoms with Gasteiger partial charge in [0.25, 0.3) is 0 Å². The monoisotopic (exact) mass is 298 g/mol. The summed E-state index contributed by atoms with van der Waals surface area (Å²) in [7, 11) is 0. The summed E-state index contributed by atoms with van der Waals surface area (Å²) in [5.41, 5.74) is -0.664. The van der Waals surface area contributed by atoms with Crippen LogP contribution in [0.2, 0.25) is 0 Å². The van der Waals surface area contributed by atoms with Gasteiger partial charge in [-0.05, 0) is 50.4 Å². The van der Waals surface area contributed by atoms with Gasteiger partial charge in [0, 0.05) is 17.9 Å². The second kappa shape index (κ2) is 6.78. The number of rotatable bonds is 7. The third kappa shape index (κ3) is 2.79. The largest absolute Gasteiger partial charge is 0.396 e. The van der Waals surface area contributed by atoms with Gasteiger partial charge in [-0.15, -0.1) is 6.58 Å². The second-order valence-electron chi connectivity index (χ2n) is 7.05. The van der Waals surface area contributed by atoms with Crippen molar-refractivity contribution in [2.24, 2.45) is 16.7 Å². The number of aliphatic hydroxyl groups excluding tert-OH is 4. The predicted octanol–water partition coefficient (Wildman–Crippen LogP) is 1.62. The number of aliphatic hydroxyl groups is 4. The Morgan fingerprint density at radius 3 is 2.62 bits per heavy atom. The van der Waals surface area contributed by atoms with E-state index < -0.39 is 17.6 Å². The van der Waals surface area contributed by atoms with Gasteiger partial charge in [-0.2, -0.15) is 0 Å². The third-order valence-electron chi connectivity index (χ3n) is 6.13. The molecule has 4 heteroatoms. The average molecular weight is 298 g/mol. The summed E-state index contributed by atoms with van der Waals surface area (Å²) in [5.74, 6) is -0.0785. The quantitative estimate of drug-likeness (QED) is 0.538. The SMILES string of the molecule is C=CCC[C@]12CCC[C@@](CO)([C@@H](O)CCO)C1[C@H](O)CC2. The Kier molecular flexibility index (Phi) is 5.47. The van der Waals surface area contributed by atoms with Crippen molar-refractivity contribution in [1.29, 1.82) is 0 Å². The van der Waals surface area contributed by atoms with E-state index in [9.17, 15) is 20.4 Å². The summed E-state index contributed by atoms with van der Waals surface area (Å²) in [6.45, 7) is 3.59. The van der Waals surface area contributed by atoms with Crippen molar-refractivity contribution in [2.75, 3.05) is 13.2 Å². The fourth-order valence-electron chi connectivity index (χ4n) is 5.23. The average Bonchev–Trinajstić information content (AvgIpc) is 2.83. The first-order valence-electron chi connectivity index (χ1n) is 8.25. The molecular formula is C17H30O4. The molecule has 2 aliphatic rings. The van der Waals surface area contributed by atoms with Crippen molar-refractivity contribution in [3.63, 3.8) is 0 Å². The van der Waals surface area contributed by atoms with Gasteiger partial charge in [-0.1, -0.05) is 12.5 Å². The van der Waals surface area contributed by atoms with Crippen LogP contribution >= 0.6 is 0 Å². The Morgan fingerprint density at radius 2 is 2.00 bits per heavy atom. The molecule has 2 aliphatic carbocycles. The van der Waals surface area contributed by atoms with E-state index in [0.717, 1.165) is 44.9 Å². The molecule has 2 saturated carbocycles. The fourth-order valence-corrected chi connectivity index (χ4v) is 5.23. The first kappa shape index (κ1) is 16.9. The smallest absolute Gasteiger partial charge is 0.0644 e. The molecule has 0 aliphatic heterocycles. The maximum Gasteiger partial charge on any atom is 0.0644 e. The Morgan fingerprint density at radius 1 is 1.24 bits per heavy atom. The molecule has 21 heavy (non-hydrogen) atoms. The Balaban J connectivity index is 2.34. The van der Waals surface area contributed by atoms with Crippen LogP contribution in [0.1, 0.15) is 51.4 Å². The van der Waals surface area contributed by atoms with Crippen LogP contribution in [0.4, 0.5) is 0 Å². The molecule has 0 heterocycles. The molecule has 2 rings (SSSR count). The van der Waals surface area contributed by atoms with Crippen molar-refractivity contribution in [2.45, 2.75) is 63.6 Å². The first-order chi connectivity index (χ1) is 10.1. The molecule has 4 nitrogen and oxygen atoms in total. The van der Waals surface area contributed by atoms with E-state index in [0.29, 0.717) is 0 Å². The molecule has 5 atom stereocenters. The normalized spacial score (nSPS) is 40.8. The maximum absolute atomic E-state index is 10.6. The van der Waals surface area contributed by atoms with Gasteiger partial charge < -0.3 is 20.4 Å². The lowest BCUT2D eigenvalue weighted by Crippen LogP contribution is -2.55. The lowest BCUT2D eigenvalue weighted by Gasteiger charge is -2.54. The number of fused-ring (bicyclic) bond motifs is 1. The van der Waals surface area contributed by atoms with E-state index >= 15 is 0 Å². The van der Waals surface area contributed by atoms with Crippen LogP contribution in [0.25, 0.3) is 0 Å². The maximum atomic E-state index is 10.6. The van der Waals surface area contributed by atoms with E-state index in [1.165, 1.54) is 0 Å². The van der Waals surface area contributed by atoms with Gasteiger partial charge in [0.05, 0.1) is 18.8 Å². The lowest BCUT2D eigenvalue weighted by molar-refractivity contribution is -0.154. The molecule has 0 aromatic rings. The highest BCUT2D eigenvalue weighted by atomic mass is 16.3. The number of hydrogen-bond donors (Lipinski definition) is 4. The van der Waals surface area contributed by atoms with Gasteiger partial charge >= 0.3 is 0 Å². The lowest BCUT2D eigenvalue weighted by atomic mass is 9.52. The molecular weight excluding hydrogens is 268 g/mol. The van der Waals surface area contributed by atoms with Crippen LogP contribution in [0.15, 0.2) is 12.7 Å². The van der Waals surface area contributed by atoms with E-state index in [1.54, 1.807) is 0 Å². The van der Waals surface area contributed by atoms with E-state index in [1.807, 2.05) is 6.08 Å². The van der Waals surface area contributed by atoms with E-state index in [4.69, 9.17) is 0 Å². The Hall–Kier alpha value is -0.420. The minimum Gasteiger partial charge on any atom is -0.396 e. The molecule has 0 radical (unpaired) electrons. The van der Waals surface area contributed by atoms with Crippen molar-refractivity contribution < 1.29 is 20.4 Å². The van der Waals surface area contributed by atoms with E-state index in [2.05, 4.69) is 6.58 Å². The summed E-state index contributed by atoms with van der Waals surface area (Å²) >= 11 is 0. The Labute approximate surface area is 127 Å². The van der Waals surface area contributed by atoms with Crippen LogP contribution in [0.5, 0.6) is 0 Å². The van der Waals surface area contributed by atoms with Crippen molar-refractivity contribution in [1.82, 2.24) is 0 Å². The van der Waals surface area contributed by atoms with Crippen LogP contribution in [-0.2, 0) is 0 Å². The van der Waals surface area contributed by atoms with Crippen LogP contribution in [0.3, 0.4) is 0 Å². The fraction of sp³-hybridized carbons (Fsp3) is 0.882. The zero-order chi connectivity index (χ0) is 15.5. The topological polar surface area (TPSA) is 80.9 Å². The van der Waals surface area contributed by atoms with Crippen molar-refractivity contribution >= 4 is 0 Å². The van der Waals surface area contributed by atoms with Crippen LogP contribution in [0, 0.1) is 16.7 Å². The molecule has 122 valence electrons. The van der Waals surface area contributed by atoms with Gasteiger partial charge in [0.15, 0.2) is 0 Å². The molecule has 4 N–H and O–H groups in total. The summed E-state index contributed by atoms with van der Waals surface area (Å²) in [5, 5.41) is 40.4. The predicted molar refractivity (Wildman–Crippen MR) is 81.7 cm³/mol. The zero-order valence-electron chi connectivity index (χ0n) is 12.9. The molecule has 0 aromatic heterocycles. The summed E-state index contributed by atoms with van der Waals surface area (Å²) < 4.78 is 0. The molecule has 0 saturated heterocycles. The minimum absolute atomic E-state index is 0.00498. The second-order valence-corrected chi connectivity index (χ2v) is 7.05. The highest BCUT2D eigenvalue weighted by Gasteiger charge is 2.60. The highest BCUT2D eigenvalue weighted by Crippen LogP contribution is 2.62. The number of allylic oxidation sites excluding steroid dienone is 1. The van der Waals surface area contributed by atoms with Gasteiger partial charge in [-0.25, -0.2) is 0 Å². The molecule has 0 aromatic carbocycles.